The first-order valence-corrected chi connectivity index (χ1v) is 8.74. The fourth-order valence-corrected chi connectivity index (χ4v) is 2.53. The summed E-state index contributed by atoms with van der Waals surface area (Å²) < 4.78 is 5.45. The molecule has 0 aliphatic heterocycles. The Kier molecular flexibility index (Phi) is 7.28. The van der Waals surface area contributed by atoms with Gasteiger partial charge in [0.05, 0.1) is 5.56 Å². The third-order valence-electron chi connectivity index (χ3n) is 4.02. The Bertz CT molecular complexity index is 639. The molecule has 0 radical (unpaired) electrons. The molecule has 0 unspecified atom stereocenters. The zero-order chi connectivity index (χ0) is 17.2. The summed E-state index contributed by atoms with van der Waals surface area (Å²) in [4.78, 5) is 12.2. The van der Waals surface area contributed by atoms with Gasteiger partial charge in [-0.15, -0.1) is 6.58 Å². The maximum Gasteiger partial charge on any atom is 0.343 e. The van der Waals surface area contributed by atoms with Crippen molar-refractivity contribution < 1.29 is 9.53 Å². The molecule has 0 aromatic heterocycles. The zero-order valence-electron chi connectivity index (χ0n) is 14.5. The van der Waals surface area contributed by atoms with E-state index in [-0.39, 0.29) is 5.97 Å². The highest BCUT2D eigenvalue weighted by atomic mass is 16.5. The minimum Gasteiger partial charge on any atom is -0.423 e. The van der Waals surface area contributed by atoms with Gasteiger partial charge in [0.25, 0.3) is 0 Å². The molecule has 2 nitrogen and oxygen atoms in total. The lowest BCUT2D eigenvalue weighted by Gasteiger charge is -2.07. The normalized spacial score (nSPS) is 10.4. The number of hydrogen-bond acceptors (Lipinski definition) is 2. The number of allylic oxidation sites excluding steroid dienone is 1. The Morgan fingerprint density at radius 2 is 1.54 bits per heavy atom. The van der Waals surface area contributed by atoms with Crippen molar-refractivity contribution in [1.82, 2.24) is 0 Å². The number of aryl methyl sites for hydroxylation is 2. The van der Waals surface area contributed by atoms with E-state index in [4.69, 9.17) is 4.74 Å². The van der Waals surface area contributed by atoms with Crippen LogP contribution in [-0.4, -0.2) is 5.97 Å². The average molecular weight is 322 g/mol. The SMILES string of the molecule is C=CCCCc1ccc(C(=O)Oc2ccc(CCCC)cc2)cc1. The molecular weight excluding hydrogens is 296 g/mol. The van der Waals surface area contributed by atoms with Crippen molar-refractivity contribution in [1.29, 1.82) is 0 Å². The number of unbranched alkanes of at least 4 members (excludes halogenated alkanes) is 2. The third-order valence-corrected chi connectivity index (χ3v) is 4.02. The molecule has 2 heteroatoms. The highest BCUT2D eigenvalue weighted by molar-refractivity contribution is 5.91. The second-order valence-corrected chi connectivity index (χ2v) is 6.01. The fraction of sp³-hybridized carbons (Fsp3) is 0.318. The van der Waals surface area contributed by atoms with Crippen molar-refractivity contribution in [2.45, 2.75) is 45.4 Å². The van der Waals surface area contributed by atoms with E-state index in [0.29, 0.717) is 11.3 Å². The van der Waals surface area contributed by atoms with E-state index in [1.54, 1.807) is 0 Å². The topological polar surface area (TPSA) is 26.3 Å². The maximum atomic E-state index is 12.2. The summed E-state index contributed by atoms with van der Waals surface area (Å²) in [5, 5.41) is 0. The van der Waals surface area contributed by atoms with Crippen LogP contribution in [-0.2, 0) is 12.8 Å². The van der Waals surface area contributed by atoms with Gasteiger partial charge in [-0.2, -0.15) is 0 Å². The van der Waals surface area contributed by atoms with Gasteiger partial charge in [-0.25, -0.2) is 4.79 Å². The van der Waals surface area contributed by atoms with Gasteiger partial charge >= 0.3 is 5.97 Å². The summed E-state index contributed by atoms with van der Waals surface area (Å²) in [6, 6.07) is 15.4. The molecule has 2 aromatic carbocycles. The number of ether oxygens (including phenoxy) is 1. The maximum absolute atomic E-state index is 12.2. The molecule has 0 aliphatic carbocycles. The largest absolute Gasteiger partial charge is 0.423 e. The molecule has 2 rings (SSSR count). The molecule has 0 amide bonds. The van der Waals surface area contributed by atoms with E-state index >= 15 is 0 Å². The number of benzene rings is 2. The van der Waals surface area contributed by atoms with E-state index in [2.05, 4.69) is 13.5 Å². The predicted molar refractivity (Wildman–Crippen MR) is 99.6 cm³/mol. The summed E-state index contributed by atoms with van der Waals surface area (Å²) in [6.45, 7) is 5.91. The van der Waals surface area contributed by atoms with E-state index in [1.807, 2.05) is 54.6 Å². The van der Waals surface area contributed by atoms with Crippen LogP contribution in [0.3, 0.4) is 0 Å². The van der Waals surface area contributed by atoms with Crippen LogP contribution in [0, 0.1) is 0 Å². The predicted octanol–water partition coefficient (Wildman–Crippen LogP) is 5.76. The van der Waals surface area contributed by atoms with Gasteiger partial charge in [0.2, 0.25) is 0 Å². The van der Waals surface area contributed by atoms with Crippen molar-refractivity contribution in [3.63, 3.8) is 0 Å². The summed E-state index contributed by atoms with van der Waals surface area (Å²) >= 11 is 0. The van der Waals surface area contributed by atoms with E-state index in [9.17, 15) is 4.79 Å². The van der Waals surface area contributed by atoms with Gasteiger partial charge in [-0.1, -0.05) is 43.7 Å². The minimum atomic E-state index is -0.311. The van der Waals surface area contributed by atoms with Gasteiger partial charge in [0.15, 0.2) is 0 Å². The summed E-state index contributed by atoms with van der Waals surface area (Å²) in [7, 11) is 0. The minimum absolute atomic E-state index is 0.311. The van der Waals surface area contributed by atoms with E-state index in [1.165, 1.54) is 24.0 Å². The van der Waals surface area contributed by atoms with Gasteiger partial charge in [-0.05, 0) is 67.5 Å². The van der Waals surface area contributed by atoms with Gasteiger partial charge < -0.3 is 4.74 Å². The van der Waals surface area contributed by atoms with Crippen LogP contribution >= 0.6 is 0 Å². The lowest BCUT2D eigenvalue weighted by atomic mass is 10.1. The molecule has 2 aromatic rings. The summed E-state index contributed by atoms with van der Waals surface area (Å²) in [5.41, 5.74) is 3.09. The highest BCUT2D eigenvalue weighted by Gasteiger charge is 2.08. The molecular formula is C22H26O2. The number of carbonyl (C=O) groups is 1. The van der Waals surface area contributed by atoms with Gasteiger partial charge in [0, 0.05) is 0 Å². The van der Waals surface area contributed by atoms with Crippen LogP contribution < -0.4 is 4.74 Å². The fourth-order valence-electron chi connectivity index (χ4n) is 2.53. The smallest absolute Gasteiger partial charge is 0.343 e. The molecule has 0 fully saturated rings. The third kappa shape index (κ3) is 5.69. The Hall–Kier alpha value is -2.35. The number of carbonyl (C=O) groups excluding carboxylic acids is 1. The Balaban J connectivity index is 1.90. The molecule has 0 atom stereocenters. The Morgan fingerprint density at radius 1 is 0.958 bits per heavy atom. The van der Waals surface area contributed by atoms with Crippen LogP contribution in [0.15, 0.2) is 61.2 Å². The average Bonchev–Trinajstić information content (AvgIpc) is 2.62. The van der Waals surface area contributed by atoms with Crippen LogP contribution in [0.4, 0.5) is 0 Å². The van der Waals surface area contributed by atoms with Crippen molar-refractivity contribution in [2.24, 2.45) is 0 Å². The molecule has 0 N–H and O–H groups in total. The highest BCUT2D eigenvalue weighted by Crippen LogP contribution is 2.16. The van der Waals surface area contributed by atoms with E-state index < -0.39 is 0 Å². The van der Waals surface area contributed by atoms with E-state index in [0.717, 1.165) is 25.7 Å². The summed E-state index contributed by atoms with van der Waals surface area (Å²) in [6.07, 6.45) is 8.45. The Labute approximate surface area is 145 Å². The van der Waals surface area contributed by atoms with Crippen LogP contribution in [0.1, 0.15) is 54.1 Å². The van der Waals surface area contributed by atoms with Crippen molar-refractivity contribution in [3.8, 4) is 5.75 Å². The lowest BCUT2D eigenvalue weighted by Crippen LogP contribution is -2.08. The quantitative estimate of drug-likeness (QED) is 0.254. The number of esters is 1. The molecule has 0 aliphatic rings. The molecule has 126 valence electrons. The summed E-state index contributed by atoms with van der Waals surface area (Å²) in [5.74, 6) is 0.282. The second-order valence-electron chi connectivity index (χ2n) is 6.01. The van der Waals surface area contributed by atoms with Crippen molar-refractivity contribution in [2.75, 3.05) is 0 Å². The van der Waals surface area contributed by atoms with Crippen molar-refractivity contribution in [3.05, 3.63) is 77.9 Å². The standard InChI is InChI=1S/C22H26O2/c1-3-5-7-9-19-10-14-20(15-11-19)22(23)24-21-16-12-18(13-17-21)8-6-4-2/h3,10-17H,1,4-9H2,2H3. The second kappa shape index (κ2) is 9.71. The number of rotatable bonds is 9. The first-order chi connectivity index (χ1) is 11.7. The number of hydrogen-bond donors (Lipinski definition) is 0. The molecule has 0 saturated heterocycles. The van der Waals surface area contributed by atoms with Gasteiger partial charge in [-0.3, -0.25) is 0 Å². The monoisotopic (exact) mass is 322 g/mol. The zero-order valence-corrected chi connectivity index (χ0v) is 14.5. The molecule has 0 spiro atoms. The lowest BCUT2D eigenvalue weighted by molar-refractivity contribution is 0.0734. The molecule has 0 heterocycles. The molecule has 0 saturated carbocycles. The van der Waals surface area contributed by atoms with Crippen molar-refractivity contribution >= 4 is 5.97 Å². The first kappa shape index (κ1) is 18.0. The first-order valence-electron chi connectivity index (χ1n) is 8.74. The Morgan fingerprint density at radius 3 is 2.12 bits per heavy atom. The molecule has 0 bridgehead atoms. The van der Waals surface area contributed by atoms with Gasteiger partial charge in [0.1, 0.15) is 5.75 Å². The molecule has 24 heavy (non-hydrogen) atoms. The van der Waals surface area contributed by atoms with Crippen LogP contribution in [0.5, 0.6) is 5.75 Å². The van der Waals surface area contributed by atoms with Crippen LogP contribution in [0.25, 0.3) is 0 Å². The van der Waals surface area contributed by atoms with Crippen LogP contribution in [0.2, 0.25) is 0 Å².